The molecule has 338 valence electrons. The fourth-order valence-electron chi connectivity index (χ4n) is 7.08. The molecule has 0 aliphatic carbocycles. The molecule has 9 N–H and O–H groups in total. The molecular formula is C44H79NO13. The second-order valence-electron chi connectivity index (χ2n) is 15.8. The van der Waals surface area contributed by atoms with Crippen molar-refractivity contribution in [1.82, 2.24) is 5.32 Å². The van der Waals surface area contributed by atoms with Crippen LogP contribution in [0.15, 0.2) is 36.5 Å². The first-order valence-electron chi connectivity index (χ1n) is 22.2. The molecule has 2 saturated heterocycles. The Hall–Kier alpha value is -1.79. The van der Waals surface area contributed by atoms with E-state index in [-0.39, 0.29) is 18.9 Å². The average Bonchev–Trinajstić information content (AvgIpc) is 3.22. The average molecular weight is 830 g/mol. The molecule has 12 unspecified atom stereocenters. The van der Waals surface area contributed by atoms with Crippen LogP contribution in [0.2, 0.25) is 0 Å². The Morgan fingerprint density at radius 2 is 1.10 bits per heavy atom. The number of carbonyl (C=O) groups excluding carboxylic acids is 1. The van der Waals surface area contributed by atoms with Crippen LogP contribution in [-0.4, -0.2) is 140 Å². The highest BCUT2D eigenvalue weighted by atomic mass is 16.7. The van der Waals surface area contributed by atoms with E-state index in [0.717, 1.165) is 44.9 Å². The number of unbranched alkanes of at least 4 members (excludes halogenated alkanes) is 15. The molecule has 58 heavy (non-hydrogen) atoms. The zero-order valence-corrected chi connectivity index (χ0v) is 35.3. The van der Waals surface area contributed by atoms with E-state index in [4.69, 9.17) is 18.9 Å². The van der Waals surface area contributed by atoms with Crippen molar-refractivity contribution in [3.63, 3.8) is 0 Å². The molecule has 14 nitrogen and oxygen atoms in total. The SMILES string of the molecule is CCCCCCCC/C=C/CC/C=C/CC/C=C/C(O)C(COC1OC(CO)C(OC2OC(CO)C(O)C(O)C2O)C(O)C1O)NC(=O)CCCCCCCCCC. The highest BCUT2D eigenvalue weighted by Crippen LogP contribution is 2.30. The molecule has 0 bridgehead atoms. The van der Waals surface area contributed by atoms with Gasteiger partial charge in [0.2, 0.25) is 5.91 Å². The highest BCUT2D eigenvalue weighted by molar-refractivity contribution is 5.76. The van der Waals surface area contributed by atoms with E-state index in [2.05, 4.69) is 43.5 Å². The van der Waals surface area contributed by atoms with E-state index in [0.29, 0.717) is 12.8 Å². The third-order valence-electron chi connectivity index (χ3n) is 10.8. The van der Waals surface area contributed by atoms with Gasteiger partial charge in [0, 0.05) is 6.42 Å². The van der Waals surface area contributed by atoms with E-state index in [1.54, 1.807) is 6.08 Å². The first-order valence-corrected chi connectivity index (χ1v) is 22.2. The molecule has 2 aliphatic heterocycles. The number of allylic oxidation sites excluding steroid dienone is 5. The lowest BCUT2D eigenvalue weighted by Crippen LogP contribution is -2.65. The van der Waals surface area contributed by atoms with Crippen LogP contribution < -0.4 is 5.32 Å². The lowest BCUT2D eigenvalue weighted by Gasteiger charge is -2.46. The summed E-state index contributed by atoms with van der Waals surface area (Å²) in [4.78, 5) is 13.0. The van der Waals surface area contributed by atoms with Crippen LogP contribution in [0, 0.1) is 0 Å². The van der Waals surface area contributed by atoms with Crippen LogP contribution in [0.3, 0.4) is 0 Å². The van der Waals surface area contributed by atoms with E-state index < -0.39 is 86.8 Å². The van der Waals surface area contributed by atoms with Crippen LogP contribution in [0.25, 0.3) is 0 Å². The van der Waals surface area contributed by atoms with Gasteiger partial charge >= 0.3 is 0 Å². The van der Waals surface area contributed by atoms with Crippen LogP contribution in [0.4, 0.5) is 0 Å². The van der Waals surface area contributed by atoms with Gasteiger partial charge in [0.05, 0.1) is 32.0 Å². The van der Waals surface area contributed by atoms with Gasteiger partial charge in [-0.15, -0.1) is 0 Å². The summed E-state index contributed by atoms with van der Waals surface area (Å²) in [7, 11) is 0. The molecule has 0 saturated carbocycles. The lowest BCUT2D eigenvalue weighted by molar-refractivity contribution is -0.359. The van der Waals surface area contributed by atoms with Crippen molar-refractivity contribution in [3.8, 4) is 0 Å². The third kappa shape index (κ3) is 20.2. The predicted molar refractivity (Wildman–Crippen MR) is 221 cm³/mol. The molecule has 2 fully saturated rings. The van der Waals surface area contributed by atoms with Gasteiger partial charge in [-0.2, -0.15) is 0 Å². The standard InChI is InChI=1S/C44H79NO13/c1-3-5-7-9-11-13-14-15-16-17-18-19-20-21-23-25-27-33(48)32(45-36(49)28-26-24-22-12-10-8-6-4-2)31-55-43-41(54)39(52)42(35(30-47)57-43)58-44-40(53)38(51)37(50)34(29-46)56-44/h15-16,19-20,25,27,32-35,37-44,46-48,50-54H,3-14,17-18,21-24,26,28-31H2,1-2H3,(H,45,49)/b16-15+,20-19+,27-25+. The molecule has 2 aliphatic rings. The number of nitrogens with one attached hydrogen (secondary N) is 1. The van der Waals surface area contributed by atoms with Crippen molar-refractivity contribution in [3.05, 3.63) is 36.5 Å². The number of hydrogen-bond donors (Lipinski definition) is 9. The molecule has 0 spiro atoms. The third-order valence-corrected chi connectivity index (χ3v) is 10.8. The Labute approximate surface area is 347 Å². The molecule has 0 aromatic rings. The molecule has 0 radical (unpaired) electrons. The van der Waals surface area contributed by atoms with Gasteiger partial charge in [-0.05, 0) is 44.9 Å². The van der Waals surface area contributed by atoms with Crippen molar-refractivity contribution in [2.24, 2.45) is 0 Å². The summed E-state index contributed by atoms with van der Waals surface area (Å²) < 4.78 is 22.5. The van der Waals surface area contributed by atoms with Gasteiger partial charge in [0.15, 0.2) is 12.6 Å². The smallest absolute Gasteiger partial charge is 0.220 e. The Bertz CT molecular complexity index is 1120. The molecular weight excluding hydrogens is 750 g/mol. The van der Waals surface area contributed by atoms with Gasteiger partial charge < -0.3 is 65.1 Å². The lowest BCUT2D eigenvalue weighted by atomic mass is 9.97. The summed E-state index contributed by atoms with van der Waals surface area (Å²) in [6.07, 6.45) is 16.4. The maximum atomic E-state index is 13.0. The first-order chi connectivity index (χ1) is 28.1. The summed E-state index contributed by atoms with van der Waals surface area (Å²) >= 11 is 0. The van der Waals surface area contributed by atoms with Gasteiger partial charge in [0.1, 0.15) is 48.8 Å². The van der Waals surface area contributed by atoms with Crippen molar-refractivity contribution < 1.29 is 64.6 Å². The van der Waals surface area contributed by atoms with Gasteiger partial charge in [-0.1, -0.05) is 127 Å². The number of aliphatic hydroxyl groups is 8. The summed E-state index contributed by atoms with van der Waals surface area (Å²) in [5.74, 6) is -0.262. The number of aliphatic hydroxyl groups excluding tert-OH is 8. The van der Waals surface area contributed by atoms with Crippen molar-refractivity contribution in [2.45, 2.75) is 216 Å². The number of carbonyl (C=O) groups is 1. The van der Waals surface area contributed by atoms with Crippen molar-refractivity contribution >= 4 is 5.91 Å². The molecule has 0 aromatic carbocycles. The molecule has 12 atom stereocenters. The summed E-state index contributed by atoms with van der Waals surface area (Å²) in [6.45, 7) is 2.67. The maximum absolute atomic E-state index is 13.0. The van der Waals surface area contributed by atoms with Crippen molar-refractivity contribution in [2.75, 3.05) is 19.8 Å². The van der Waals surface area contributed by atoms with Gasteiger partial charge in [-0.3, -0.25) is 4.79 Å². The minimum Gasteiger partial charge on any atom is -0.394 e. The minimum atomic E-state index is -1.79. The second kappa shape index (κ2) is 32.0. The fraction of sp³-hybridized carbons (Fsp3) is 0.841. The Morgan fingerprint density at radius 3 is 1.69 bits per heavy atom. The van der Waals surface area contributed by atoms with Gasteiger partial charge in [0.25, 0.3) is 0 Å². The van der Waals surface area contributed by atoms with E-state index in [1.807, 2.05) is 6.08 Å². The summed E-state index contributed by atoms with van der Waals surface area (Å²) in [6, 6.07) is -0.930. The summed E-state index contributed by atoms with van der Waals surface area (Å²) in [5, 5.41) is 86.2. The largest absolute Gasteiger partial charge is 0.394 e. The predicted octanol–water partition coefficient (Wildman–Crippen LogP) is 3.98. The van der Waals surface area contributed by atoms with Crippen molar-refractivity contribution in [1.29, 1.82) is 0 Å². The minimum absolute atomic E-state index is 0.262. The monoisotopic (exact) mass is 830 g/mol. The summed E-state index contributed by atoms with van der Waals surface area (Å²) in [5.41, 5.74) is 0. The molecule has 2 heterocycles. The molecule has 0 aromatic heterocycles. The van der Waals surface area contributed by atoms with E-state index >= 15 is 0 Å². The number of hydrogen-bond acceptors (Lipinski definition) is 13. The topological polar surface area (TPSA) is 228 Å². The Balaban J connectivity index is 1.93. The maximum Gasteiger partial charge on any atom is 0.220 e. The normalized spacial score (nSPS) is 29.1. The van der Waals surface area contributed by atoms with Crippen LogP contribution >= 0.6 is 0 Å². The van der Waals surface area contributed by atoms with Crippen LogP contribution in [0.1, 0.15) is 142 Å². The zero-order chi connectivity index (χ0) is 42.5. The Morgan fingerprint density at radius 1 is 0.603 bits per heavy atom. The zero-order valence-electron chi connectivity index (χ0n) is 35.3. The molecule has 14 heteroatoms. The van der Waals surface area contributed by atoms with Crippen LogP contribution in [0.5, 0.6) is 0 Å². The number of ether oxygens (including phenoxy) is 4. The number of rotatable bonds is 32. The van der Waals surface area contributed by atoms with Gasteiger partial charge in [-0.25, -0.2) is 0 Å². The first kappa shape index (κ1) is 52.3. The van der Waals surface area contributed by atoms with Crippen LogP contribution in [-0.2, 0) is 23.7 Å². The van der Waals surface area contributed by atoms with E-state index in [9.17, 15) is 45.6 Å². The highest BCUT2D eigenvalue weighted by Gasteiger charge is 2.50. The number of amides is 1. The quantitative estimate of drug-likeness (QED) is 0.0346. The molecule has 2 rings (SSSR count). The van der Waals surface area contributed by atoms with E-state index in [1.165, 1.54) is 64.2 Å². The molecule has 1 amide bonds. The second-order valence-corrected chi connectivity index (χ2v) is 15.8. The fourth-order valence-corrected chi connectivity index (χ4v) is 7.08. The Kier molecular flexibility index (Phi) is 28.9.